The van der Waals surface area contributed by atoms with Crippen molar-refractivity contribution < 1.29 is 36.2 Å². The van der Waals surface area contributed by atoms with Crippen molar-refractivity contribution in [2.24, 2.45) is 0 Å². The van der Waals surface area contributed by atoms with Gasteiger partial charge in [0.05, 0.1) is 18.5 Å². The van der Waals surface area contributed by atoms with Gasteiger partial charge in [-0.3, -0.25) is 13.7 Å². The Hall–Kier alpha value is -3.95. The van der Waals surface area contributed by atoms with E-state index in [0.717, 1.165) is 9.87 Å². The highest BCUT2D eigenvalue weighted by molar-refractivity contribution is 7.80. The third-order valence-corrected chi connectivity index (χ3v) is 7.29. The van der Waals surface area contributed by atoms with Crippen LogP contribution in [-0.2, 0) is 28.7 Å². The molecule has 0 radical (unpaired) electrons. The minimum Gasteiger partial charge on any atom is -0.495 e. The predicted molar refractivity (Wildman–Crippen MR) is 152 cm³/mol. The maximum absolute atomic E-state index is 13.8. The van der Waals surface area contributed by atoms with Gasteiger partial charge in [-0.1, -0.05) is 12.1 Å². The van der Waals surface area contributed by atoms with E-state index in [1.165, 1.54) is 20.2 Å². The van der Waals surface area contributed by atoms with Crippen molar-refractivity contribution in [1.82, 2.24) is 15.3 Å². The fourth-order valence-corrected chi connectivity index (χ4v) is 4.67. The minimum atomic E-state index is -4.75. The fraction of sp³-hybridized carbons (Fsp3) is 0.370. The lowest BCUT2D eigenvalue weighted by molar-refractivity contribution is -0.137. The van der Waals surface area contributed by atoms with Crippen molar-refractivity contribution in [2.75, 3.05) is 42.3 Å². The van der Waals surface area contributed by atoms with Gasteiger partial charge in [-0.05, 0) is 55.2 Å². The summed E-state index contributed by atoms with van der Waals surface area (Å²) in [7, 11) is 2.80. The number of amides is 1. The molecule has 15 heteroatoms. The van der Waals surface area contributed by atoms with Crippen LogP contribution in [0.5, 0.6) is 5.75 Å². The van der Waals surface area contributed by atoms with E-state index in [-0.39, 0.29) is 30.2 Å². The molecule has 4 rings (SSSR count). The summed E-state index contributed by atoms with van der Waals surface area (Å²) in [5, 5.41) is 8.51. The Morgan fingerprint density at radius 1 is 1.21 bits per heavy atom. The van der Waals surface area contributed by atoms with Crippen molar-refractivity contribution in [3.63, 3.8) is 0 Å². The van der Waals surface area contributed by atoms with E-state index in [1.54, 1.807) is 37.3 Å². The average Bonchev–Trinajstić information content (AvgIpc) is 2.96. The molecular weight excluding hydrogens is 577 g/mol. The summed E-state index contributed by atoms with van der Waals surface area (Å²) in [6.45, 7) is 2.82. The first-order valence-corrected chi connectivity index (χ1v) is 14.0. The summed E-state index contributed by atoms with van der Waals surface area (Å²) >= 11 is -2.34. The van der Waals surface area contributed by atoms with E-state index in [1.807, 2.05) is 0 Å². The van der Waals surface area contributed by atoms with Gasteiger partial charge in [0.15, 0.2) is 0 Å². The molecule has 1 atom stereocenters. The van der Waals surface area contributed by atoms with Gasteiger partial charge in [0.1, 0.15) is 17.1 Å². The van der Waals surface area contributed by atoms with Crippen molar-refractivity contribution >= 4 is 40.3 Å². The van der Waals surface area contributed by atoms with E-state index in [9.17, 15) is 26.7 Å². The summed E-state index contributed by atoms with van der Waals surface area (Å²) in [4.78, 5) is 20.6. The fourth-order valence-electron chi connectivity index (χ4n) is 4.33. The molecule has 1 saturated heterocycles. The number of halogens is 3. The van der Waals surface area contributed by atoms with Crippen LogP contribution in [0.3, 0.4) is 0 Å². The molecule has 1 aromatic heterocycles. The van der Waals surface area contributed by atoms with Crippen LogP contribution in [0.1, 0.15) is 39.9 Å². The monoisotopic (exact) mass is 608 g/mol. The van der Waals surface area contributed by atoms with Crippen LogP contribution in [-0.4, -0.2) is 58.0 Å². The number of aryl methyl sites for hydroxylation is 1. The van der Waals surface area contributed by atoms with Crippen LogP contribution in [0, 0.1) is 6.92 Å². The van der Waals surface area contributed by atoms with Crippen molar-refractivity contribution in [1.29, 1.82) is 0 Å². The Morgan fingerprint density at radius 2 is 1.95 bits per heavy atom. The molecule has 1 aliphatic heterocycles. The minimum absolute atomic E-state index is 0.00342. The molecular formula is C27H31F3N6O5S. The van der Waals surface area contributed by atoms with Crippen LogP contribution in [0.2, 0.25) is 0 Å². The maximum Gasteiger partial charge on any atom is 0.421 e. The third-order valence-electron chi connectivity index (χ3n) is 6.62. The van der Waals surface area contributed by atoms with E-state index >= 15 is 0 Å². The summed E-state index contributed by atoms with van der Waals surface area (Å²) in [6, 6.07) is 9.68. The number of ether oxygens (including phenoxy) is 2. The molecule has 3 aromatic rings. The zero-order valence-electron chi connectivity index (χ0n) is 23.1. The lowest BCUT2D eigenvalue weighted by atomic mass is 10.1. The molecule has 2 heterocycles. The molecule has 0 saturated carbocycles. The molecule has 0 spiro atoms. The van der Waals surface area contributed by atoms with Crippen molar-refractivity contribution in [3.05, 3.63) is 64.8 Å². The van der Waals surface area contributed by atoms with Crippen LogP contribution in [0.4, 0.5) is 36.3 Å². The highest BCUT2D eigenvalue weighted by Crippen LogP contribution is 2.35. The Kier molecular flexibility index (Phi) is 9.85. The number of nitrogens with one attached hydrogen (secondary N) is 3. The maximum atomic E-state index is 13.8. The van der Waals surface area contributed by atoms with Gasteiger partial charge < -0.3 is 25.4 Å². The number of aromatic nitrogens is 2. The summed E-state index contributed by atoms with van der Waals surface area (Å²) in [5.41, 5.74) is 1.24. The summed E-state index contributed by atoms with van der Waals surface area (Å²) in [5.74, 6) is -0.668. The molecule has 1 aliphatic rings. The van der Waals surface area contributed by atoms with Gasteiger partial charge in [0, 0.05) is 44.6 Å². The zero-order chi connectivity index (χ0) is 30.4. The first-order chi connectivity index (χ1) is 20.0. The summed E-state index contributed by atoms with van der Waals surface area (Å²) < 4.78 is 74.5. The Morgan fingerprint density at radius 3 is 2.62 bits per heavy atom. The number of benzene rings is 2. The molecule has 2 aromatic carbocycles. The van der Waals surface area contributed by atoms with Crippen molar-refractivity contribution in [2.45, 2.75) is 38.5 Å². The van der Waals surface area contributed by atoms with Crippen LogP contribution in [0.15, 0.2) is 42.6 Å². The van der Waals surface area contributed by atoms with Gasteiger partial charge in [0.25, 0.3) is 17.2 Å². The first kappa shape index (κ1) is 31.0. The number of rotatable bonds is 10. The van der Waals surface area contributed by atoms with Gasteiger partial charge in [-0.2, -0.15) is 18.2 Å². The normalized spacial score (nSPS) is 14.6. The number of carbonyl (C=O) groups is 1. The van der Waals surface area contributed by atoms with E-state index in [4.69, 9.17) is 9.47 Å². The Bertz CT molecular complexity index is 1450. The third kappa shape index (κ3) is 7.66. The molecule has 226 valence electrons. The average molecular weight is 609 g/mol. The molecule has 0 bridgehead atoms. The van der Waals surface area contributed by atoms with Gasteiger partial charge >= 0.3 is 6.18 Å². The van der Waals surface area contributed by atoms with E-state index in [2.05, 4.69) is 25.9 Å². The highest BCUT2D eigenvalue weighted by Gasteiger charge is 2.35. The number of hydrogen-bond acceptors (Lipinski definition) is 8. The smallest absolute Gasteiger partial charge is 0.421 e. The van der Waals surface area contributed by atoms with Gasteiger partial charge in [-0.15, -0.1) is 0 Å². The molecule has 11 nitrogen and oxygen atoms in total. The quantitative estimate of drug-likeness (QED) is 0.242. The Labute approximate surface area is 243 Å². The molecule has 1 amide bonds. The highest BCUT2D eigenvalue weighted by atomic mass is 32.2. The number of carbonyl (C=O) groups excluding carboxylic acids is 1. The number of alkyl halides is 3. The van der Waals surface area contributed by atoms with Crippen LogP contribution >= 0.6 is 0 Å². The second kappa shape index (κ2) is 13.4. The molecule has 4 N–H and O–H groups in total. The second-order valence-corrected chi connectivity index (χ2v) is 10.6. The Balaban J connectivity index is 1.56. The number of anilines is 4. The second-order valence-electron chi connectivity index (χ2n) is 9.57. The van der Waals surface area contributed by atoms with E-state index in [0.29, 0.717) is 54.8 Å². The number of methoxy groups -OCH3 is 1. The first-order valence-electron chi connectivity index (χ1n) is 12.9. The molecule has 1 unspecified atom stereocenters. The van der Waals surface area contributed by atoms with Gasteiger partial charge in [-0.25, -0.2) is 9.19 Å². The van der Waals surface area contributed by atoms with Crippen LogP contribution in [0.25, 0.3) is 0 Å². The molecule has 1 fully saturated rings. The lowest BCUT2D eigenvalue weighted by Crippen LogP contribution is -2.38. The number of hydrogen-bond donors (Lipinski definition) is 4. The van der Waals surface area contributed by atoms with Crippen molar-refractivity contribution in [3.8, 4) is 5.75 Å². The largest absolute Gasteiger partial charge is 0.495 e. The SMILES string of the molecule is COc1cc(C(=O)NC2CCOCC2)ccc1Nc1ncc(C(F)(F)F)c(NCc2ccc(C)cc2N(C)S(=O)O)n1. The molecule has 42 heavy (non-hydrogen) atoms. The van der Waals surface area contributed by atoms with Gasteiger partial charge in [0.2, 0.25) is 5.95 Å². The topological polar surface area (TPSA) is 138 Å². The van der Waals surface area contributed by atoms with Crippen LogP contribution < -0.4 is 25.0 Å². The number of nitrogens with zero attached hydrogens (tertiary/aromatic N) is 3. The zero-order valence-corrected chi connectivity index (χ0v) is 23.9. The van der Waals surface area contributed by atoms with E-state index < -0.39 is 28.8 Å². The summed E-state index contributed by atoms with van der Waals surface area (Å²) in [6.07, 6.45) is -2.66. The molecule has 0 aliphatic carbocycles. The lowest BCUT2D eigenvalue weighted by Gasteiger charge is -2.23. The predicted octanol–water partition coefficient (Wildman–Crippen LogP) is 4.65. The standard InChI is InChI=1S/C27H31F3N6O5S/c1-16-4-5-18(22(12-16)36(2)42(38)39)14-31-24-20(27(28,29)30)15-32-26(35-24)34-21-7-6-17(13-23(21)40-3)25(37)33-19-8-10-41-11-9-19/h4-7,12-13,15,19H,8-11,14H2,1-3H3,(H,33,37)(H,38,39)(H2,31,32,34,35).